The Kier molecular flexibility index (Phi) is 4.79. The van der Waals surface area contributed by atoms with E-state index in [9.17, 15) is 0 Å². The van der Waals surface area contributed by atoms with Crippen molar-refractivity contribution in [3.05, 3.63) is 47.5 Å². The van der Waals surface area contributed by atoms with Gasteiger partial charge in [-0.2, -0.15) is 0 Å². The van der Waals surface area contributed by atoms with Gasteiger partial charge in [-0.15, -0.1) is 11.8 Å². The second-order valence-corrected chi connectivity index (χ2v) is 7.75. The predicted molar refractivity (Wildman–Crippen MR) is 101 cm³/mol. The maximum atomic E-state index is 6.41. The van der Waals surface area contributed by atoms with Crippen LogP contribution in [0.15, 0.2) is 47.4 Å². The van der Waals surface area contributed by atoms with Crippen molar-refractivity contribution < 1.29 is 4.74 Å². The molecule has 4 heteroatoms. The van der Waals surface area contributed by atoms with Crippen molar-refractivity contribution in [2.24, 2.45) is 5.41 Å². The molecule has 0 aliphatic carbocycles. The Morgan fingerprint density at radius 3 is 2.65 bits per heavy atom. The summed E-state index contributed by atoms with van der Waals surface area (Å²) in [6.45, 7) is 5.62. The maximum Gasteiger partial charge on any atom is 0.138 e. The standard InChI is InChI=1S/C19H22ClNOS/c1-4-19(2)12-21(14-8-6-5-7-9-14)16-10-15(20)17(22-3)11-18(16)23-13-19/h5-11H,4,12-13H2,1-3H3. The first-order valence-electron chi connectivity index (χ1n) is 7.89. The van der Waals surface area contributed by atoms with Crippen LogP contribution in [0.2, 0.25) is 5.02 Å². The monoisotopic (exact) mass is 347 g/mol. The molecular weight excluding hydrogens is 326 g/mol. The van der Waals surface area contributed by atoms with E-state index < -0.39 is 0 Å². The highest BCUT2D eigenvalue weighted by atomic mass is 35.5. The van der Waals surface area contributed by atoms with Gasteiger partial charge in [0.15, 0.2) is 0 Å². The van der Waals surface area contributed by atoms with Crippen LogP contribution in [0.1, 0.15) is 20.3 Å². The number of rotatable bonds is 3. The molecule has 23 heavy (non-hydrogen) atoms. The number of hydrogen-bond acceptors (Lipinski definition) is 3. The topological polar surface area (TPSA) is 12.5 Å². The van der Waals surface area contributed by atoms with Gasteiger partial charge in [0.2, 0.25) is 0 Å². The zero-order valence-electron chi connectivity index (χ0n) is 13.8. The number of halogens is 1. The molecule has 0 spiro atoms. The molecule has 1 atom stereocenters. The number of anilines is 2. The molecule has 1 aliphatic rings. The van der Waals surface area contributed by atoms with Gasteiger partial charge < -0.3 is 9.64 Å². The second kappa shape index (κ2) is 6.66. The Morgan fingerprint density at radius 1 is 1.26 bits per heavy atom. The number of hydrogen-bond donors (Lipinski definition) is 0. The summed E-state index contributed by atoms with van der Waals surface area (Å²) >= 11 is 8.31. The third-order valence-electron chi connectivity index (χ3n) is 4.56. The molecule has 0 aromatic heterocycles. The van der Waals surface area contributed by atoms with Gasteiger partial charge in [-0.25, -0.2) is 0 Å². The van der Waals surface area contributed by atoms with Crippen molar-refractivity contribution >= 4 is 34.7 Å². The lowest BCUT2D eigenvalue weighted by atomic mass is 9.89. The molecule has 0 saturated heterocycles. The van der Waals surface area contributed by atoms with Crippen LogP contribution in [0.3, 0.4) is 0 Å². The predicted octanol–water partition coefficient (Wildman–Crippen LogP) is 6.01. The zero-order chi connectivity index (χ0) is 16.4. The van der Waals surface area contributed by atoms with Gasteiger partial charge in [0, 0.05) is 22.9 Å². The molecule has 0 N–H and O–H groups in total. The minimum Gasteiger partial charge on any atom is -0.495 e. The summed E-state index contributed by atoms with van der Waals surface area (Å²) in [5.74, 6) is 1.83. The number of ether oxygens (including phenoxy) is 1. The number of nitrogens with zero attached hydrogens (tertiary/aromatic N) is 1. The van der Waals surface area contributed by atoms with E-state index in [1.807, 2.05) is 17.8 Å². The first kappa shape index (κ1) is 16.5. The van der Waals surface area contributed by atoms with E-state index in [2.05, 4.69) is 55.1 Å². The Morgan fingerprint density at radius 2 is 2.00 bits per heavy atom. The van der Waals surface area contributed by atoms with E-state index in [0.717, 1.165) is 24.5 Å². The van der Waals surface area contributed by atoms with Crippen molar-refractivity contribution in [2.45, 2.75) is 25.2 Å². The van der Waals surface area contributed by atoms with E-state index in [1.54, 1.807) is 7.11 Å². The van der Waals surface area contributed by atoms with Crippen LogP contribution in [0.5, 0.6) is 5.75 Å². The summed E-state index contributed by atoms with van der Waals surface area (Å²) in [5.41, 5.74) is 2.63. The summed E-state index contributed by atoms with van der Waals surface area (Å²) in [6.07, 6.45) is 1.14. The molecule has 1 heterocycles. The van der Waals surface area contributed by atoms with Crippen molar-refractivity contribution in [3.63, 3.8) is 0 Å². The van der Waals surface area contributed by atoms with Crippen LogP contribution in [-0.2, 0) is 0 Å². The molecule has 0 radical (unpaired) electrons. The Bertz CT molecular complexity index is 691. The summed E-state index contributed by atoms with van der Waals surface area (Å²) in [7, 11) is 1.67. The fourth-order valence-electron chi connectivity index (χ4n) is 2.82. The molecule has 3 rings (SSSR count). The number of methoxy groups -OCH3 is 1. The van der Waals surface area contributed by atoms with E-state index in [1.165, 1.54) is 16.3 Å². The lowest BCUT2D eigenvalue weighted by Gasteiger charge is -2.33. The van der Waals surface area contributed by atoms with Gasteiger partial charge in [0.05, 0.1) is 17.8 Å². The van der Waals surface area contributed by atoms with Crippen LogP contribution in [-0.4, -0.2) is 19.4 Å². The lowest BCUT2D eigenvalue weighted by Crippen LogP contribution is -2.33. The van der Waals surface area contributed by atoms with E-state index >= 15 is 0 Å². The molecule has 0 fully saturated rings. The number of para-hydroxylation sites is 1. The SMILES string of the molecule is CCC1(C)CSc2cc(OC)c(Cl)cc2N(c2ccccc2)C1. The van der Waals surface area contributed by atoms with Crippen molar-refractivity contribution in [2.75, 3.05) is 24.3 Å². The Labute approximate surface area is 147 Å². The van der Waals surface area contributed by atoms with Gasteiger partial charge >= 0.3 is 0 Å². The molecule has 122 valence electrons. The molecule has 2 nitrogen and oxygen atoms in total. The fraction of sp³-hybridized carbons (Fsp3) is 0.368. The molecule has 1 unspecified atom stereocenters. The quantitative estimate of drug-likeness (QED) is 0.674. The smallest absolute Gasteiger partial charge is 0.138 e. The number of thioether (sulfide) groups is 1. The van der Waals surface area contributed by atoms with Crippen LogP contribution < -0.4 is 9.64 Å². The molecule has 2 aromatic rings. The average Bonchev–Trinajstić information content (AvgIpc) is 2.73. The van der Waals surface area contributed by atoms with Crippen molar-refractivity contribution in [1.82, 2.24) is 0 Å². The van der Waals surface area contributed by atoms with E-state index in [0.29, 0.717) is 5.02 Å². The second-order valence-electron chi connectivity index (χ2n) is 6.33. The highest BCUT2D eigenvalue weighted by Gasteiger charge is 2.32. The van der Waals surface area contributed by atoms with E-state index in [4.69, 9.17) is 16.3 Å². The van der Waals surface area contributed by atoms with Gasteiger partial charge in [-0.3, -0.25) is 0 Å². The van der Waals surface area contributed by atoms with Crippen LogP contribution >= 0.6 is 23.4 Å². The van der Waals surface area contributed by atoms with E-state index in [-0.39, 0.29) is 5.41 Å². The third kappa shape index (κ3) is 3.31. The Balaban J connectivity index is 2.13. The summed E-state index contributed by atoms with van der Waals surface area (Å²) in [5, 5.41) is 0.660. The zero-order valence-corrected chi connectivity index (χ0v) is 15.4. The van der Waals surface area contributed by atoms with Crippen molar-refractivity contribution in [1.29, 1.82) is 0 Å². The Hall–Kier alpha value is -1.32. The summed E-state index contributed by atoms with van der Waals surface area (Å²) in [6, 6.07) is 14.7. The third-order valence-corrected chi connectivity index (χ3v) is 6.34. The minimum atomic E-state index is 0.249. The fourth-order valence-corrected chi connectivity index (χ4v) is 4.37. The molecular formula is C19H22ClNOS. The molecule has 2 aromatic carbocycles. The number of benzene rings is 2. The first-order chi connectivity index (χ1) is 11.1. The molecule has 0 amide bonds. The van der Waals surface area contributed by atoms with Crippen LogP contribution in [0, 0.1) is 5.41 Å². The van der Waals surface area contributed by atoms with Crippen LogP contribution in [0.4, 0.5) is 11.4 Å². The highest BCUT2D eigenvalue weighted by Crippen LogP contribution is 2.47. The summed E-state index contributed by atoms with van der Waals surface area (Å²) < 4.78 is 5.41. The molecule has 0 saturated carbocycles. The largest absolute Gasteiger partial charge is 0.495 e. The van der Waals surface area contributed by atoms with Crippen molar-refractivity contribution in [3.8, 4) is 5.75 Å². The van der Waals surface area contributed by atoms with Gasteiger partial charge in [-0.05, 0) is 36.1 Å². The highest BCUT2D eigenvalue weighted by molar-refractivity contribution is 7.99. The lowest BCUT2D eigenvalue weighted by molar-refractivity contribution is 0.373. The normalized spacial score (nSPS) is 20.8. The van der Waals surface area contributed by atoms with Gasteiger partial charge in [0.25, 0.3) is 0 Å². The maximum absolute atomic E-state index is 6.41. The first-order valence-corrected chi connectivity index (χ1v) is 9.25. The van der Waals surface area contributed by atoms with Gasteiger partial charge in [0.1, 0.15) is 5.75 Å². The average molecular weight is 348 g/mol. The summed E-state index contributed by atoms with van der Waals surface area (Å²) in [4.78, 5) is 3.62. The molecule has 0 bridgehead atoms. The minimum absolute atomic E-state index is 0.249. The number of fused-ring (bicyclic) bond motifs is 1. The van der Waals surface area contributed by atoms with Crippen LogP contribution in [0.25, 0.3) is 0 Å². The molecule has 1 aliphatic heterocycles. The van der Waals surface area contributed by atoms with Gasteiger partial charge in [-0.1, -0.05) is 43.6 Å².